The van der Waals surface area contributed by atoms with Crippen LogP contribution in [-0.4, -0.2) is 24.5 Å². The van der Waals surface area contributed by atoms with Crippen LogP contribution in [0, 0.1) is 0 Å². The van der Waals surface area contributed by atoms with E-state index in [1.807, 2.05) is 60.7 Å². The number of esters is 1. The van der Waals surface area contributed by atoms with Crippen LogP contribution in [0.1, 0.15) is 29.9 Å². The number of Topliss-reactive ketones (excluding diaryl/α,β-unsaturated/α-hetero) is 1. The van der Waals surface area contributed by atoms with Crippen molar-refractivity contribution in [2.24, 2.45) is 0 Å². The minimum Gasteiger partial charge on any atom is -0.455 e. The molecule has 0 radical (unpaired) electrons. The van der Waals surface area contributed by atoms with Crippen molar-refractivity contribution in [2.45, 2.75) is 31.5 Å². The maximum Gasteiger partial charge on any atom is 0.375 e. The van der Waals surface area contributed by atoms with Crippen molar-refractivity contribution in [1.82, 2.24) is 0 Å². The summed E-state index contributed by atoms with van der Waals surface area (Å²) in [5.74, 6) is -1.66. The lowest BCUT2D eigenvalue weighted by Gasteiger charge is -2.16. The molecular formula is C20H20O4. The average Bonchev–Trinajstić information content (AvgIpc) is 2.90. The first-order valence-corrected chi connectivity index (χ1v) is 8.17. The monoisotopic (exact) mass is 324 g/mol. The Morgan fingerprint density at radius 1 is 0.917 bits per heavy atom. The molecule has 4 nitrogen and oxygen atoms in total. The van der Waals surface area contributed by atoms with Gasteiger partial charge in [-0.2, -0.15) is 0 Å². The molecule has 124 valence electrons. The van der Waals surface area contributed by atoms with E-state index in [2.05, 4.69) is 0 Å². The van der Waals surface area contributed by atoms with Gasteiger partial charge < -0.3 is 9.47 Å². The van der Waals surface area contributed by atoms with Gasteiger partial charge in [0.05, 0.1) is 12.5 Å². The summed E-state index contributed by atoms with van der Waals surface area (Å²) in [5, 5.41) is 0. The number of ketones is 1. The third-order valence-corrected chi connectivity index (χ3v) is 4.16. The van der Waals surface area contributed by atoms with Gasteiger partial charge in [0.15, 0.2) is 0 Å². The standard InChI is InChI=1S/C20H20O4/c21-19-18(16-10-5-2-6-11-16)17(24-20(19)22)12-7-13-23-14-15-8-3-1-4-9-15/h1-6,8-11,17-18H,7,12-14H2. The van der Waals surface area contributed by atoms with Crippen LogP contribution < -0.4 is 0 Å². The molecule has 1 fully saturated rings. The minimum atomic E-state index is -0.723. The lowest BCUT2D eigenvalue weighted by Crippen LogP contribution is -2.19. The van der Waals surface area contributed by atoms with Gasteiger partial charge in [-0.1, -0.05) is 60.7 Å². The zero-order chi connectivity index (χ0) is 16.8. The van der Waals surface area contributed by atoms with Crippen LogP contribution in [0.25, 0.3) is 0 Å². The summed E-state index contributed by atoms with van der Waals surface area (Å²) in [6.45, 7) is 1.13. The summed E-state index contributed by atoms with van der Waals surface area (Å²) in [5.41, 5.74) is 1.96. The first-order valence-electron chi connectivity index (χ1n) is 8.17. The Kier molecular flexibility index (Phi) is 5.39. The number of carbonyl (C=O) groups excluding carboxylic acids is 2. The molecule has 2 aromatic carbocycles. The zero-order valence-electron chi connectivity index (χ0n) is 13.4. The number of rotatable bonds is 7. The van der Waals surface area contributed by atoms with Crippen molar-refractivity contribution in [3.8, 4) is 0 Å². The fourth-order valence-electron chi connectivity index (χ4n) is 2.96. The van der Waals surface area contributed by atoms with Crippen LogP contribution in [-0.2, 0) is 25.7 Å². The SMILES string of the molecule is O=C1OC(CCCOCc2ccccc2)C(c2ccccc2)C1=O. The molecule has 0 bridgehead atoms. The van der Waals surface area contributed by atoms with Crippen molar-refractivity contribution in [3.63, 3.8) is 0 Å². The van der Waals surface area contributed by atoms with E-state index in [0.29, 0.717) is 19.6 Å². The molecule has 0 aliphatic carbocycles. The third-order valence-electron chi connectivity index (χ3n) is 4.16. The van der Waals surface area contributed by atoms with Crippen LogP contribution in [0.5, 0.6) is 0 Å². The Morgan fingerprint density at radius 2 is 1.58 bits per heavy atom. The van der Waals surface area contributed by atoms with Crippen LogP contribution in [0.3, 0.4) is 0 Å². The van der Waals surface area contributed by atoms with E-state index in [4.69, 9.17) is 9.47 Å². The molecule has 2 atom stereocenters. The van der Waals surface area contributed by atoms with Crippen LogP contribution in [0.4, 0.5) is 0 Å². The molecule has 0 amide bonds. The molecule has 0 N–H and O–H groups in total. The summed E-state index contributed by atoms with van der Waals surface area (Å²) < 4.78 is 10.9. The van der Waals surface area contributed by atoms with Gasteiger partial charge in [-0.15, -0.1) is 0 Å². The van der Waals surface area contributed by atoms with Gasteiger partial charge in [0, 0.05) is 6.61 Å². The Balaban J connectivity index is 1.50. The van der Waals surface area contributed by atoms with E-state index in [1.165, 1.54) is 0 Å². The second-order valence-corrected chi connectivity index (χ2v) is 5.88. The second-order valence-electron chi connectivity index (χ2n) is 5.88. The normalized spacial score (nSPS) is 20.2. The Bertz CT molecular complexity index is 681. The average molecular weight is 324 g/mol. The molecule has 0 spiro atoms. The van der Waals surface area contributed by atoms with E-state index in [0.717, 1.165) is 17.5 Å². The maximum absolute atomic E-state index is 12.1. The van der Waals surface area contributed by atoms with E-state index in [-0.39, 0.29) is 0 Å². The fraction of sp³-hybridized carbons (Fsp3) is 0.300. The van der Waals surface area contributed by atoms with Gasteiger partial charge in [0.1, 0.15) is 6.10 Å². The number of benzene rings is 2. The van der Waals surface area contributed by atoms with Crippen molar-refractivity contribution < 1.29 is 19.1 Å². The molecule has 2 aromatic rings. The predicted octanol–water partition coefficient (Wildman–Crippen LogP) is 3.26. The van der Waals surface area contributed by atoms with Gasteiger partial charge in [0.2, 0.25) is 0 Å². The number of cyclic esters (lactones) is 1. The van der Waals surface area contributed by atoms with Crippen molar-refractivity contribution in [2.75, 3.05) is 6.61 Å². The quantitative estimate of drug-likeness (QED) is 0.446. The van der Waals surface area contributed by atoms with Crippen molar-refractivity contribution in [1.29, 1.82) is 0 Å². The van der Waals surface area contributed by atoms with E-state index in [9.17, 15) is 9.59 Å². The third kappa shape index (κ3) is 3.89. The van der Waals surface area contributed by atoms with Gasteiger partial charge in [-0.05, 0) is 24.0 Å². The van der Waals surface area contributed by atoms with Crippen molar-refractivity contribution >= 4 is 11.8 Å². The van der Waals surface area contributed by atoms with E-state index >= 15 is 0 Å². The summed E-state index contributed by atoms with van der Waals surface area (Å²) in [7, 11) is 0. The van der Waals surface area contributed by atoms with Gasteiger partial charge >= 0.3 is 5.97 Å². The summed E-state index contributed by atoms with van der Waals surface area (Å²) in [6.07, 6.45) is 0.959. The smallest absolute Gasteiger partial charge is 0.375 e. The highest BCUT2D eigenvalue weighted by atomic mass is 16.6. The molecule has 1 saturated heterocycles. The summed E-state index contributed by atoms with van der Waals surface area (Å²) >= 11 is 0. The maximum atomic E-state index is 12.1. The number of hydrogen-bond acceptors (Lipinski definition) is 4. The summed E-state index contributed by atoms with van der Waals surface area (Å²) in [6, 6.07) is 19.3. The predicted molar refractivity (Wildman–Crippen MR) is 89.4 cm³/mol. The van der Waals surface area contributed by atoms with Crippen LogP contribution in [0.15, 0.2) is 60.7 Å². The van der Waals surface area contributed by atoms with E-state index < -0.39 is 23.8 Å². The summed E-state index contributed by atoms with van der Waals surface area (Å²) in [4.78, 5) is 23.7. The first kappa shape index (κ1) is 16.4. The molecule has 3 rings (SSSR count). The molecule has 0 saturated carbocycles. The van der Waals surface area contributed by atoms with Crippen molar-refractivity contribution in [3.05, 3.63) is 71.8 Å². The Morgan fingerprint density at radius 3 is 2.29 bits per heavy atom. The molecule has 2 unspecified atom stereocenters. The fourth-order valence-corrected chi connectivity index (χ4v) is 2.96. The second kappa shape index (κ2) is 7.88. The van der Waals surface area contributed by atoms with Crippen LogP contribution in [0.2, 0.25) is 0 Å². The van der Waals surface area contributed by atoms with E-state index in [1.54, 1.807) is 0 Å². The highest BCUT2D eigenvalue weighted by Gasteiger charge is 2.43. The van der Waals surface area contributed by atoms with Gasteiger partial charge in [-0.25, -0.2) is 4.79 Å². The van der Waals surface area contributed by atoms with Gasteiger partial charge in [0.25, 0.3) is 5.78 Å². The largest absolute Gasteiger partial charge is 0.455 e. The zero-order valence-corrected chi connectivity index (χ0v) is 13.4. The Hall–Kier alpha value is -2.46. The minimum absolute atomic E-state index is 0.396. The first-order chi connectivity index (χ1) is 11.8. The topological polar surface area (TPSA) is 52.6 Å². The lowest BCUT2D eigenvalue weighted by atomic mass is 9.89. The Labute approximate surface area is 141 Å². The lowest BCUT2D eigenvalue weighted by molar-refractivity contribution is -0.149. The molecule has 24 heavy (non-hydrogen) atoms. The molecule has 0 aromatic heterocycles. The van der Waals surface area contributed by atoms with Crippen LogP contribution >= 0.6 is 0 Å². The molecule has 4 heteroatoms. The highest BCUT2D eigenvalue weighted by molar-refractivity contribution is 6.37. The molecule has 1 aliphatic heterocycles. The molecule has 1 aliphatic rings. The number of hydrogen-bond donors (Lipinski definition) is 0. The molecular weight excluding hydrogens is 304 g/mol. The number of ether oxygens (including phenoxy) is 2. The van der Waals surface area contributed by atoms with Gasteiger partial charge in [-0.3, -0.25) is 4.79 Å². The number of carbonyl (C=O) groups is 2. The molecule has 1 heterocycles. The highest BCUT2D eigenvalue weighted by Crippen LogP contribution is 2.32.